The smallest absolute Gasteiger partial charge is 0.144 e. The predicted molar refractivity (Wildman–Crippen MR) is 56.0 cm³/mol. The fourth-order valence-corrected chi connectivity index (χ4v) is 1.88. The Morgan fingerprint density at radius 3 is 2.64 bits per heavy atom. The third kappa shape index (κ3) is 1.89. The minimum Gasteiger partial charge on any atom is -0.366 e. The van der Waals surface area contributed by atoms with Crippen LogP contribution in [0, 0.1) is 11.8 Å². The fourth-order valence-electron chi connectivity index (χ4n) is 1.88. The largest absolute Gasteiger partial charge is 0.366 e. The van der Waals surface area contributed by atoms with Gasteiger partial charge in [0.1, 0.15) is 5.82 Å². The second-order valence-corrected chi connectivity index (χ2v) is 4.49. The highest BCUT2D eigenvalue weighted by Crippen LogP contribution is 2.37. The van der Waals surface area contributed by atoms with E-state index in [0.29, 0.717) is 12.0 Å². The molecule has 1 atom stereocenters. The Morgan fingerprint density at radius 2 is 2.21 bits per heavy atom. The van der Waals surface area contributed by atoms with Crippen LogP contribution in [0.5, 0.6) is 0 Å². The molecule has 1 fully saturated rings. The van der Waals surface area contributed by atoms with Gasteiger partial charge in [-0.3, -0.25) is 0 Å². The average molecular weight is 194 g/mol. The van der Waals surface area contributed by atoms with Gasteiger partial charge in [0, 0.05) is 13.1 Å². The first kappa shape index (κ1) is 9.49. The monoisotopic (exact) mass is 194 g/mol. The summed E-state index contributed by atoms with van der Waals surface area (Å²) in [6.45, 7) is 4.53. The summed E-state index contributed by atoms with van der Waals surface area (Å²) in [7, 11) is 1.92. The van der Waals surface area contributed by atoms with E-state index >= 15 is 0 Å². The molecule has 2 rings (SSSR count). The molecule has 1 N–H and O–H groups in total. The van der Waals surface area contributed by atoms with Crippen LogP contribution in [0.3, 0.4) is 0 Å². The van der Waals surface area contributed by atoms with Gasteiger partial charge in [0.25, 0.3) is 0 Å². The minimum absolute atomic E-state index is 0.576. The summed E-state index contributed by atoms with van der Waals surface area (Å²) in [5.41, 5.74) is 0. The van der Waals surface area contributed by atoms with Gasteiger partial charge in [0.05, 0.1) is 6.20 Å². The second kappa shape index (κ2) is 3.59. The highest BCUT2D eigenvalue weighted by atomic mass is 15.4. The van der Waals surface area contributed by atoms with Crippen molar-refractivity contribution >= 4 is 5.82 Å². The number of anilines is 1. The molecule has 1 aliphatic rings. The van der Waals surface area contributed by atoms with Crippen LogP contribution in [0.4, 0.5) is 5.82 Å². The summed E-state index contributed by atoms with van der Waals surface area (Å²) < 4.78 is 1.79. The van der Waals surface area contributed by atoms with Gasteiger partial charge < -0.3 is 5.32 Å². The Bertz CT molecular complexity index is 299. The molecular formula is C10H18N4. The number of hydrogen-bond donors (Lipinski definition) is 1. The lowest BCUT2D eigenvalue weighted by Crippen LogP contribution is -2.28. The van der Waals surface area contributed by atoms with Crippen molar-refractivity contribution in [1.29, 1.82) is 0 Å². The van der Waals surface area contributed by atoms with Crippen LogP contribution in [0.15, 0.2) is 6.20 Å². The highest BCUT2D eigenvalue weighted by molar-refractivity contribution is 5.33. The van der Waals surface area contributed by atoms with Gasteiger partial charge in [-0.25, -0.2) is 4.68 Å². The Kier molecular flexibility index (Phi) is 2.44. The van der Waals surface area contributed by atoms with Gasteiger partial charge in [0.15, 0.2) is 0 Å². The van der Waals surface area contributed by atoms with E-state index in [9.17, 15) is 0 Å². The average Bonchev–Trinajstić information content (AvgIpc) is 2.87. The first-order chi connectivity index (χ1) is 6.68. The van der Waals surface area contributed by atoms with Crippen molar-refractivity contribution < 1.29 is 0 Å². The van der Waals surface area contributed by atoms with Gasteiger partial charge in [-0.05, 0) is 24.7 Å². The molecule has 1 unspecified atom stereocenters. The first-order valence-corrected chi connectivity index (χ1v) is 5.29. The van der Waals surface area contributed by atoms with Gasteiger partial charge in [0.2, 0.25) is 0 Å². The van der Waals surface area contributed by atoms with Crippen LogP contribution in [-0.2, 0) is 7.05 Å². The van der Waals surface area contributed by atoms with Crippen molar-refractivity contribution in [3.05, 3.63) is 6.20 Å². The lowest BCUT2D eigenvalue weighted by Gasteiger charge is -2.22. The molecule has 0 aliphatic heterocycles. The number of aromatic nitrogens is 3. The van der Waals surface area contributed by atoms with Crippen LogP contribution < -0.4 is 5.32 Å². The van der Waals surface area contributed by atoms with Gasteiger partial charge in [-0.1, -0.05) is 19.1 Å². The molecule has 0 amide bonds. The molecule has 4 nitrogen and oxygen atoms in total. The fraction of sp³-hybridized carbons (Fsp3) is 0.800. The van der Waals surface area contributed by atoms with Gasteiger partial charge in [-0.15, -0.1) is 5.10 Å². The van der Waals surface area contributed by atoms with E-state index in [1.807, 2.05) is 7.05 Å². The lowest BCUT2D eigenvalue weighted by molar-refractivity contribution is 0.472. The number of rotatable bonds is 4. The number of nitrogens with zero attached hydrogens (tertiary/aromatic N) is 3. The maximum Gasteiger partial charge on any atom is 0.144 e. The van der Waals surface area contributed by atoms with Gasteiger partial charge >= 0.3 is 0 Å². The Hall–Kier alpha value is -1.06. The quantitative estimate of drug-likeness (QED) is 0.792. The zero-order valence-corrected chi connectivity index (χ0v) is 9.07. The summed E-state index contributed by atoms with van der Waals surface area (Å²) in [6.07, 6.45) is 4.51. The van der Waals surface area contributed by atoms with Crippen molar-refractivity contribution in [3.8, 4) is 0 Å². The molecule has 0 radical (unpaired) electrons. The molecule has 1 aromatic heterocycles. The van der Waals surface area contributed by atoms with Crippen LogP contribution in [0.1, 0.15) is 26.7 Å². The molecular weight excluding hydrogens is 176 g/mol. The molecule has 0 spiro atoms. The molecule has 1 heterocycles. The zero-order valence-electron chi connectivity index (χ0n) is 9.07. The van der Waals surface area contributed by atoms with E-state index in [2.05, 4.69) is 29.5 Å². The van der Waals surface area contributed by atoms with E-state index in [-0.39, 0.29) is 0 Å². The molecule has 0 aromatic carbocycles. The zero-order chi connectivity index (χ0) is 10.1. The topological polar surface area (TPSA) is 42.7 Å². The molecule has 4 heteroatoms. The molecule has 0 bridgehead atoms. The molecule has 14 heavy (non-hydrogen) atoms. The SMILES string of the molecule is CC(C)C(Nc1cnnn1C)C1CC1. The second-order valence-electron chi connectivity index (χ2n) is 4.49. The summed E-state index contributed by atoms with van der Waals surface area (Å²) in [4.78, 5) is 0. The van der Waals surface area contributed by atoms with Crippen molar-refractivity contribution in [1.82, 2.24) is 15.0 Å². The standard InChI is InChI=1S/C10H18N4/c1-7(2)10(8-4-5-8)12-9-6-11-13-14(9)3/h6-8,10,12H,4-5H2,1-3H3. The molecule has 1 aliphatic carbocycles. The number of hydrogen-bond acceptors (Lipinski definition) is 3. The van der Waals surface area contributed by atoms with Crippen LogP contribution in [-0.4, -0.2) is 21.0 Å². The van der Waals surface area contributed by atoms with Crippen LogP contribution in [0.2, 0.25) is 0 Å². The lowest BCUT2D eigenvalue weighted by atomic mass is 10.00. The normalized spacial score (nSPS) is 18.6. The number of aryl methyl sites for hydroxylation is 1. The Balaban J connectivity index is 2.03. The maximum absolute atomic E-state index is 3.91. The van der Waals surface area contributed by atoms with Crippen LogP contribution >= 0.6 is 0 Å². The summed E-state index contributed by atoms with van der Waals surface area (Å²) in [6, 6.07) is 0.576. The van der Waals surface area contributed by atoms with E-state index in [1.54, 1.807) is 10.9 Å². The summed E-state index contributed by atoms with van der Waals surface area (Å²) in [5, 5.41) is 11.3. The van der Waals surface area contributed by atoms with Crippen molar-refractivity contribution in [3.63, 3.8) is 0 Å². The van der Waals surface area contributed by atoms with E-state index < -0.39 is 0 Å². The predicted octanol–water partition coefficient (Wildman–Crippen LogP) is 1.66. The summed E-state index contributed by atoms with van der Waals surface area (Å²) >= 11 is 0. The number of nitrogens with one attached hydrogen (secondary N) is 1. The Labute approximate surface area is 84.7 Å². The minimum atomic E-state index is 0.576. The maximum atomic E-state index is 3.91. The van der Waals surface area contributed by atoms with Crippen molar-refractivity contribution in [2.75, 3.05) is 5.32 Å². The van der Waals surface area contributed by atoms with Gasteiger partial charge in [-0.2, -0.15) is 0 Å². The third-order valence-corrected chi connectivity index (χ3v) is 2.88. The first-order valence-electron chi connectivity index (χ1n) is 5.29. The molecule has 0 saturated heterocycles. The van der Waals surface area contributed by atoms with Crippen molar-refractivity contribution in [2.24, 2.45) is 18.9 Å². The Morgan fingerprint density at radius 1 is 1.50 bits per heavy atom. The summed E-state index contributed by atoms with van der Waals surface area (Å²) in [5.74, 6) is 2.54. The van der Waals surface area contributed by atoms with Crippen LogP contribution in [0.25, 0.3) is 0 Å². The molecule has 1 aromatic rings. The van der Waals surface area contributed by atoms with E-state index in [0.717, 1.165) is 11.7 Å². The third-order valence-electron chi connectivity index (χ3n) is 2.88. The van der Waals surface area contributed by atoms with E-state index in [4.69, 9.17) is 0 Å². The molecule has 1 saturated carbocycles. The van der Waals surface area contributed by atoms with Crippen molar-refractivity contribution in [2.45, 2.75) is 32.7 Å². The highest BCUT2D eigenvalue weighted by Gasteiger charge is 2.33. The van der Waals surface area contributed by atoms with E-state index in [1.165, 1.54) is 12.8 Å². The molecule has 78 valence electrons.